The fourth-order valence-corrected chi connectivity index (χ4v) is 3.65. The number of esters is 1. The van der Waals surface area contributed by atoms with Crippen molar-refractivity contribution in [3.8, 4) is 0 Å². The number of piperidine rings is 1. The number of nitrogens with zero attached hydrogens (tertiary/aromatic N) is 2. The molecule has 0 radical (unpaired) electrons. The molecule has 0 aromatic carbocycles. The number of carbonyl (C=O) groups is 2. The molecule has 2 aliphatic rings. The van der Waals surface area contributed by atoms with Crippen molar-refractivity contribution in [1.29, 1.82) is 0 Å². The molecule has 0 aliphatic carbocycles. The van der Waals surface area contributed by atoms with Gasteiger partial charge in [-0.25, -0.2) is 4.79 Å². The monoisotopic (exact) mass is 352 g/mol. The number of amides is 1. The summed E-state index contributed by atoms with van der Waals surface area (Å²) in [4.78, 5) is 26.5. The molecule has 138 valence electrons. The molecule has 2 saturated heterocycles. The minimum absolute atomic E-state index is 0.0644. The minimum atomic E-state index is -4.29. The first kappa shape index (κ1) is 18.8. The minimum Gasteiger partial charge on any atom is -0.469 e. The number of hydrogen-bond donors (Lipinski definition) is 0. The molecule has 9 heteroatoms. The molecular formula is C15H23F3N2O4. The standard InChI is InChI=1S/C15H23F3N2O4/c1-23-13(21)10-5-7-20(14(22)24-2)11(8-10)9-19-6-3-4-12(19)15(16,17)18/h10-12H,3-9H2,1-2H3/t10-,11+,12-/m0/s1. The van der Waals surface area contributed by atoms with E-state index in [0.717, 1.165) is 0 Å². The molecule has 2 aliphatic heterocycles. The van der Waals surface area contributed by atoms with Gasteiger partial charge < -0.3 is 14.4 Å². The van der Waals surface area contributed by atoms with E-state index >= 15 is 0 Å². The van der Waals surface area contributed by atoms with Crippen LogP contribution in [0.1, 0.15) is 25.7 Å². The summed E-state index contributed by atoms with van der Waals surface area (Å²) < 4.78 is 48.8. The van der Waals surface area contributed by atoms with Crippen molar-refractivity contribution in [3.05, 3.63) is 0 Å². The Morgan fingerprint density at radius 3 is 2.42 bits per heavy atom. The predicted molar refractivity (Wildman–Crippen MR) is 78.3 cm³/mol. The summed E-state index contributed by atoms with van der Waals surface area (Å²) in [6, 6.07) is -1.99. The summed E-state index contributed by atoms with van der Waals surface area (Å²) >= 11 is 0. The Morgan fingerprint density at radius 1 is 1.12 bits per heavy atom. The lowest BCUT2D eigenvalue weighted by atomic mass is 9.90. The van der Waals surface area contributed by atoms with Crippen LogP contribution in [0.2, 0.25) is 0 Å². The molecule has 0 bridgehead atoms. The Hall–Kier alpha value is -1.51. The third kappa shape index (κ3) is 4.12. The van der Waals surface area contributed by atoms with Crippen LogP contribution < -0.4 is 0 Å². The number of halogens is 3. The molecule has 0 aromatic heterocycles. The smallest absolute Gasteiger partial charge is 0.409 e. The normalized spacial score (nSPS) is 28.7. The third-order valence-corrected chi connectivity index (χ3v) is 4.85. The van der Waals surface area contributed by atoms with Crippen LogP contribution in [0.5, 0.6) is 0 Å². The number of methoxy groups -OCH3 is 2. The second-order valence-electron chi connectivity index (χ2n) is 6.26. The fourth-order valence-electron chi connectivity index (χ4n) is 3.65. The molecule has 6 nitrogen and oxygen atoms in total. The maximum atomic E-state index is 13.1. The van der Waals surface area contributed by atoms with Gasteiger partial charge in [-0.2, -0.15) is 13.2 Å². The van der Waals surface area contributed by atoms with Gasteiger partial charge in [0.05, 0.1) is 20.1 Å². The first-order valence-electron chi connectivity index (χ1n) is 8.01. The van der Waals surface area contributed by atoms with Crippen molar-refractivity contribution < 1.29 is 32.2 Å². The molecule has 0 spiro atoms. The molecule has 2 fully saturated rings. The number of likely N-dealkylation sites (tertiary alicyclic amines) is 2. The van der Waals surface area contributed by atoms with Crippen LogP contribution in [0.4, 0.5) is 18.0 Å². The van der Waals surface area contributed by atoms with Crippen LogP contribution in [-0.2, 0) is 14.3 Å². The van der Waals surface area contributed by atoms with Gasteiger partial charge in [0, 0.05) is 19.1 Å². The highest BCUT2D eigenvalue weighted by Crippen LogP contribution is 2.34. The average molecular weight is 352 g/mol. The van der Waals surface area contributed by atoms with E-state index in [1.807, 2.05) is 0 Å². The van der Waals surface area contributed by atoms with Gasteiger partial charge in [0.15, 0.2) is 0 Å². The second-order valence-corrected chi connectivity index (χ2v) is 6.26. The molecule has 24 heavy (non-hydrogen) atoms. The van der Waals surface area contributed by atoms with Gasteiger partial charge in [0.1, 0.15) is 6.04 Å². The predicted octanol–water partition coefficient (Wildman–Crippen LogP) is 2.03. The summed E-state index contributed by atoms with van der Waals surface area (Å²) in [6.07, 6.45) is -3.64. The molecule has 1 amide bonds. The van der Waals surface area contributed by atoms with Gasteiger partial charge >= 0.3 is 18.2 Å². The molecule has 0 unspecified atom stereocenters. The zero-order valence-electron chi connectivity index (χ0n) is 13.8. The van der Waals surface area contributed by atoms with Gasteiger partial charge in [0.25, 0.3) is 0 Å². The van der Waals surface area contributed by atoms with Crippen molar-refractivity contribution in [2.45, 2.75) is 43.9 Å². The number of hydrogen-bond acceptors (Lipinski definition) is 5. The Morgan fingerprint density at radius 2 is 1.83 bits per heavy atom. The zero-order valence-corrected chi connectivity index (χ0v) is 13.8. The number of alkyl halides is 3. The average Bonchev–Trinajstić information content (AvgIpc) is 3.01. The summed E-state index contributed by atoms with van der Waals surface area (Å²) in [6.45, 7) is 0.674. The largest absolute Gasteiger partial charge is 0.469 e. The highest BCUT2D eigenvalue weighted by atomic mass is 19.4. The third-order valence-electron chi connectivity index (χ3n) is 4.85. The van der Waals surface area contributed by atoms with Gasteiger partial charge in [-0.3, -0.25) is 9.69 Å². The van der Waals surface area contributed by atoms with Crippen LogP contribution in [0, 0.1) is 5.92 Å². The van der Waals surface area contributed by atoms with Gasteiger partial charge in [-0.1, -0.05) is 0 Å². The maximum absolute atomic E-state index is 13.1. The number of rotatable bonds is 3. The molecule has 0 aromatic rings. The Bertz CT molecular complexity index is 472. The fraction of sp³-hybridized carbons (Fsp3) is 0.867. The van der Waals surface area contributed by atoms with E-state index in [1.165, 1.54) is 24.0 Å². The summed E-state index contributed by atoms with van der Waals surface area (Å²) in [7, 11) is 2.52. The highest BCUT2D eigenvalue weighted by Gasteiger charge is 2.47. The lowest BCUT2D eigenvalue weighted by Gasteiger charge is -2.40. The number of carbonyl (C=O) groups excluding carboxylic acids is 2. The van der Waals surface area contributed by atoms with Crippen molar-refractivity contribution in [3.63, 3.8) is 0 Å². The maximum Gasteiger partial charge on any atom is 0.409 e. The van der Waals surface area contributed by atoms with E-state index < -0.39 is 36.2 Å². The molecule has 0 saturated carbocycles. The zero-order chi connectivity index (χ0) is 17.9. The van der Waals surface area contributed by atoms with Gasteiger partial charge in [-0.05, 0) is 32.2 Å². The first-order chi connectivity index (χ1) is 11.3. The van der Waals surface area contributed by atoms with E-state index in [1.54, 1.807) is 0 Å². The number of ether oxygens (including phenoxy) is 2. The Kier molecular flexibility index (Phi) is 5.95. The summed E-state index contributed by atoms with van der Waals surface area (Å²) in [5.74, 6) is -0.800. The van der Waals surface area contributed by atoms with Crippen molar-refractivity contribution in [2.24, 2.45) is 5.92 Å². The lowest BCUT2D eigenvalue weighted by molar-refractivity contribution is -0.178. The second kappa shape index (κ2) is 7.58. The Balaban J connectivity index is 2.11. The van der Waals surface area contributed by atoms with Crippen LogP contribution in [0.3, 0.4) is 0 Å². The van der Waals surface area contributed by atoms with Crippen LogP contribution in [0.15, 0.2) is 0 Å². The topological polar surface area (TPSA) is 59.1 Å². The van der Waals surface area contributed by atoms with Gasteiger partial charge in [-0.15, -0.1) is 0 Å². The van der Waals surface area contributed by atoms with Crippen molar-refractivity contribution >= 4 is 12.1 Å². The van der Waals surface area contributed by atoms with Crippen LogP contribution in [-0.4, -0.2) is 74.0 Å². The van der Waals surface area contributed by atoms with Crippen molar-refractivity contribution in [1.82, 2.24) is 9.80 Å². The van der Waals surface area contributed by atoms with E-state index in [4.69, 9.17) is 9.47 Å². The van der Waals surface area contributed by atoms with Crippen LogP contribution >= 0.6 is 0 Å². The highest BCUT2D eigenvalue weighted by molar-refractivity contribution is 5.73. The summed E-state index contributed by atoms with van der Waals surface area (Å²) in [5, 5.41) is 0. The SMILES string of the molecule is COC(=O)[C@H]1CCN(C(=O)OC)[C@@H](CN2CCC[C@H]2C(F)(F)F)C1. The molecular weight excluding hydrogens is 329 g/mol. The quantitative estimate of drug-likeness (QED) is 0.728. The Labute approximate surface area is 138 Å². The van der Waals surface area contributed by atoms with Crippen LogP contribution in [0.25, 0.3) is 0 Å². The van der Waals surface area contributed by atoms with Crippen molar-refractivity contribution in [2.75, 3.05) is 33.9 Å². The molecule has 2 heterocycles. The molecule has 0 N–H and O–H groups in total. The summed E-state index contributed by atoms with van der Waals surface area (Å²) in [5.41, 5.74) is 0. The van der Waals surface area contributed by atoms with E-state index in [2.05, 4.69) is 0 Å². The van der Waals surface area contributed by atoms with Gasteiger partial charge in [0.2, 0.25) is 0 Å². The first-order valence-corrected chi connectivity index (χ1v) is 8.01. The molecule has 2 rings (SSSR count). The molecule has 3 atom stereocenters. The van der Waals surface area contributed by atoms with E-state index in [0.29, 0.717) is 19.4 Å². The lowest BCUT2D eigenvalue weighted by Crippen LogP contribution is -2.54. The van der Waals surface area contributed by atoms with E-state index in [9.17, 15) is 22.8 Å². The van der Waals surface area contributed by atoms with E-state index in [-0.39, 0.29) is 25.9 Å².